The number of fused-ring (bicyclic) bond motifs is 3. The van der Waals surface area contributed by atoms with Crippen LogP contribution in [0.15, 0.2) is 58.7 Å². The van der Waals surface area contributed by atoms with Crippen LogP contribution in [0, 0.1) is 0 Å². The second kappa shape index (κ2) is 7.86. The molecular weight excluding hydrogens is 376 g/mol. The Morgan fingerprint density at radius 1 is 1.25 bits per heavy atom. The number of aromatic amines is 1. The van der Waals surface area contributed by atoms with Crippen molar-refractivity contribution < 1.29 is 4.74 Å². The smallest absolute Gasteiger partial charge is 0.298 e. The van der Waals surface area contributed by atoms with Gasteiger partial charge in [0.1, 0.15) is 23.1 Å². The first-order valence-corrected chi connectivity index (χ1v) is 9.49. The van der Waals surface area contributed by atoms with Crippen molar-refractivity contribution in [3.63, 3.8) is 0 Å². The number of rotatable bonds is 6. The number of hydrogen-bond acceptors (Lipinski definition) is 4. The van der Waals surface area contributed by atoms with Crippen molar-refractivity contribution in [2.24, 2.45) is 5.10 Å². The van der Waals surface area contributed by atoms with E-state index >= 15 is 0 Å². The maximum absolute atomic E-state index is 12.7. The van der Waals surface area contributed by atoms with E-state index in [0.717, 1.165) is 35.1 Å². The zero-order valence-corrected chi connectivity index (χ0v) is 16.1. The molecule has 2 aromatic carbocycles. The minimum absolute atomic E-state index is 0.270. The minimum Gasteiger partial charge on any atom is -0.494 e. The Bertz CT molecular complexity index is 1210. The van der Waals surface area contributed by atoms with Crippen LogP contribution >= 0.6 is 11.6 Å². The highest BCUT2D eigenvalue weighted by Gasteiger charge is 2.10. The van der Waals surface area contributed by atoms with Crippen LogP contribution in [0.5, 0.6) is 5.75 Å². The fraction of sp³-hybridized carbons (Fsp3) is 0.190. The van der Waals surface area contributed by atoms with Gasteiger partial charge in [-0.15, -0.1) is 0 Å². The normalized spacial score (nSPS) is 11.6. The number of nitrogens with one attached hydrogen (secondary N) is 1. The number of halogens is 1. The topological polar surface area (TPSA) is 72.3 Å². The average molecular weight is 395 g/mol. The highest BCUT2D eigenvalue weighted by Crippen LogP contribution is 2.24. The van der Waals surface area contributed by atoms with Gasteiger partial charge in [0.2, 0.25) is 0 Å². The molecule has 0 saturated carbocycles. The summed E-state index contributed by atoms with van der Waals surface area (Å²) in [4.78, 5) is 20.2. The third-order valence-electron chi connectivity index (χ3n) is 4.43. The Morgan fingerprint density at radius 2 is 2.07 bits per heavy atom. The van der Waals surface area contributed by atoms with E-state index in [9.17, 15) is 4.79 Å². The lowest BCUT2D eigenvalue weighted by Crippen LogP contribution is -2.17. The molecule has 0 atom stereocenters. The lowest BCUT2D eigenvalue weighted by Gasteiger charge is -2.04. The van der Waals surface area contributed by atoms with E-state index in [4.69, 9.17) is 16.3 Å². The molecule has 2 aromatic heterocycles. The van der Waals surface area contributed by atoms with E-state index in [-0.39, 0.29) is 5.56 Å². The van der Waals surface area contributed by atoms with Gasteiger partial charge in [-0.2, -0.15) is 9.78 Å². The van der Waals surface area contributed by atoms with Gasteiger partial charge in [-0.3, -0.25) is 4.79 Å². The first-order valence-electron chi connectivity index (χ1n) is 9.11. The molecule has 0 fully saturated rings. The Balaban J connectivity index is 1.60. The molecule has 0 spiro atoms. The van der Waals surface area contributed by atoms with Gasteiger partial charge in [-0.1, -0.05) is 24.9 Å². The second-order valence-corrected chi connectivity index (χ2v) is 6.88. The summed E-state index contributed by atoms with van der Waals surface area (Å²) >= 11 is 6.05. The molecule has 0 aliphatic heterocycles. The maximum atomic E-state index is 12.7. The van der Waals surface area contributed by atoms with Crippen molar-refractivity contribution >= 4 is 39.8 Å². The lowest BCUT2D eigenvalue weighted by atomic mass is 10.2. The van der Waals surface area contributed by atoms with Gasteiger partial charge < -0.3 is 9.72 Å². The van der Waals surface area contributed by atoms with E-state index in [1.807, 2.05) is 30.3 Å². The molecule has 0 unspecified atom stereocenters. The number of benzene rings is 2. The highest BCUT2D eigenvalue weighted by molar-refractivity contribution is 6.31. The summed E-state index contributed by atoms with van der Waals surface area (Å²) in [5.41, 5.74) is 2.38. The molecule has 28 heavy (non-hydrogen) atoms. The third-order valence-corrected chi connectivity index (χ3v) is 4.66. The zero-order valence-electron chi connectivity index (χ0n) is 15.4. The molecule has 1 N–H and O–H groups in total. The predicted molar refractivity (Wildman–Crippen MR) is 113 cm³/mol. The molecule has 7 heteroatoms. The van der Waals surface area contributed by atoms with Gasteiger partial charge >= 0.3 is 0 Å². The molecule has 4 aromatic rings. The third kappa shape index (κ3) is 3.64. The fourth-order valence-electron chi connectivity index (χ4n) is 2.91. The number of aromatic nitrogens is 3. The van der Waals surface area contributed by atoms with Crippen molar-refractivity contribution in [1.82, 2.24) is 14.6 Å². The molecule has 6 nitrogen and oxygen atoms in total. The molecule has 0 aliphatic carbocycles. The molecule has 0 radical (unpaired) electrons. The predicted octanol–water partition coefficient (Wildman–Crippen LogP) is 4.59. The van der Waals surface area contributed by atoms with Crippen LogP contribution < -0.4 is 10.3 Å². The summed E-state index contributed by atoms with van der Waals surface area (Å²) in [6, 6.07) is 13.0. The molecule has 0 aliphatic rings. The molecule has 0 saturated heterocycles. The van der Waals surface area contributed by atoms with Crippen LogP contribution in [0.4, 0.5) is 0 Å². The Kier molecular flexibility index (Phi) is 5.12. The van der Waals surface area contributed by atoms with Gasteiger partial charge in [-0.05, 0) is 54.4 Å². The maximum Gasteiger partial charge on any atom is 0.298 e. The molecule has 0 amide bonds. The van der Waals surface area contributed by atoms with Crippen LogP contribution in [-0.4, -0.2) is 27.5 Å². The number of hydrogen-bond donors (Lipinski definition) is 1. The number of nitrogens with zero attached hydrogens (tertiary/aromatic N) is 3. The Morgan fingerprint density at radius 3 is 2.86 bits per heavy atom. The lowest BCUT2D eigenvalue weighted by molar-refractivity contribution is 0.309. The number of ether oxygens (including phenoxy) is 1. The zero-order chi connectivity index (χ0) is 19.5. The van der Waals surface area contributed by atoms with E-state index in [0.29, 0.717) is 22.7 Å². The fourth-order valence-corrected chi connectivity index (χ4v) is 3.09. The van der Waals surface area contributed by atoms with Crippen molar-refractivity contribution in [2.75, 3.05) is 6.61 Å². The van der Waals surface area contributed by atoms with E-state index in [1.54, 1.807) is 18.3 Å². The summed E-state index contributed by atoms with van der Waals surface area (Å²) in [6.45, 7) is 2.84. The summed E-state index contributed by atoms with van der Waals surface area (Å²) in [6.07, 6.45) is 5.16. The van der Waals surface area contributed by atoms with Gasteiger partial charge in [0.15, 0.2) is 0 Å². The second-order valence-electron chi connectivity index (χ2n) is 6.45. The van der Waals surface area contributed by atoms with E-state index < -0.39 is 0 Å². The summed E-state index contributed by atoms with van der Waals surface area (Å²) in [5, 5.41) is 5.66. The molecule has 142 valence electrons. The van der Waals surface area contributed by atoms with Crippen LogP contribution in [0.25, 0.3) is 21.9 Å². The highest BCUT2D eigenvalue weighted by atomic mass is 35.5. The molecule has 4 rings (SSSR count). The van der Waals surface area contributed by atoms with Gasteiger partial charge in [-0.25, -0.2) is 4.98 Å². The summed E-state index contributed by atoms with van der Waals surface area (Å²) < 4.78 is 6.86. The first kappa shape index (κ1) is 18.3. The summed E-state index contributed by atoms with van der Waals surface area (Å²) in [7, 11) is 0. The number of unbranched alkanes of at least 4 members (excludes halogenated alkanes) is 1. The van der Waals surface area contributed by atoms with E-state index in [2.05, 4.69) is 22.0 Å². The molecule has 0 bridgehead atoms. The Hall–Kier alpha value is -3.12. The summed E-state index contributed by atoms with van der Waals surface area (Å²) in [5.74, 6) is 0.822. The number of H-pyrrole nitrogens is 1. The Labute approximate surface area is 166 Å². The van der Waals surface area contributed by atoms with Gasteiger partial charge in [0, 0.05) is 15.9 Å². The van der Waals surface area contributed by atoms with Crippen molar-refractivity contribution in [2.45, 2.75) is 19.8 Å². The van der Waals surface area contributed by atoms with Gasteiger partial charge in [0.05, 0.1) is 12.8 Å². The first-order chi connectivity index (χ1) is 13.7. The van der Waals surface area contributed by atoms with Crippen LogP contribution in [0.3, 0.4) is 0 Å². The van der Waals surface area contributed by atoms with Crippen molar-refractivity contribution in [3.05, 3.63) is 69.7 Å². The van der Waals surface area contributed by atoms with Crippen LogP contribution in [-0.2, 0) is 0 Å². The largest absolute Gasteiger partial charge is 0.494 e. The monoisotopic (exact) mass is 394 g/mol. The average Bonchev–Trinajstić information content (AvgIpc) is 3.07. The van der Waals surface area contributed by atoms with Crippen molar-refractivity contribution in [1.29, 1.82) is 0 Å². The SMILES string of the molecule is CCCCOc1ccc(/C=N/n2cnc3c([nH]c4ccc(Cl)cc43)c2=O)cc1. The van der Waals surface area contributed by atoms with Gasteiger partial charge in [0.25, 0.3) is 5.56 Å². The standard InChI is InChI=1S/C21H19ClN4O2/c1-2-3-10-28-16-7-4-14(5-8-16)12-24-26-13-23-19-17-11-15(22)6-9-18(17)25-20(19)21(26)27/h4-9,11-13,25H,2-3,10H2,1H3/b24-12+. The van der Waals surface area contributed by atoms with Crippen LogP contribution in [0.1, 0.15) is 25.3 Å². The quantitative estimate of drug-likeness (QED) is 0.384. The van der Waals surface area contributed by atoms with Crippen LogP contribution in [0.2, 0.25) is 5.02 Å². The molecular formula is C21H19ClN4O2. The van der Waals surface area contributed by atoms with E-state index in [1.165, 1.54) is 11.0 Å². The minimum atomic E-state index is -0.270. The van der Waals surface area contributed by atoms with Crippen molar-refractivity contribution in [3.8, 4) is 5.75 Å². The molecule has 2 heterocycles.